The van der Waals surface area contributed by atoms with E-state index in [1.807, 2.05) is 59.5 Å². The highest BCUT2D eigenvalue weighted by Crippen LogP contribution is 2.28. The summed E-state index contributed by atoms with van der Waals surface area (Å²) in [6.45, 7) is 0.408. The number of amides is 3. The monoisotopic (exact) mass is 441 g/mol. The first kappa shape index (κ1) is 22.3. The van der Waals surface area contributed by atoms with Crippen LogP contribution in [0.25, 0.3) is 11.1 Å². The fourth-order valence-corrected chi connectivity index (χ4v) is 3.71. The van der Waals surface area contributed by atoms with Crippen molar-refractivity contribution in [2.24, 2.45) is 0 Å². The standard InChI is InChI=1S/C27H27N3O3/c1-28-26(32)22-9-7-19(8-10-22)18-30(24-15-16-24)25(31)17-29-27(33)23-13-11-21(12-14-23)20-5-3-2-4-6-20/h2-14,24H,15-18H2,1H3,(H,28,32)(H,29,33). The van der Waals surface area contributed by atoms with Gasteiger partial charge in [-0.3, -0.25) is 14.4 Å². The van der Waals surface area contributed by atoms with Crippen LogP contribution in [0, 0.1) is 0 Å². The van der Waals surface area contributed by atoms with Crippen molar-refractivity contribution in [1.29, 1.82) is 0 Å². The van der Waals surface area contributed by atoms with Gasteiger partial charge in [0.15, 0.2) is 0 Å². The molecule has 0 aromatic heterocycles. The van der Waals surface area contributed by atoms with Gasteiger partial charge in [-0.1, -0.05) is 54.6 Å². The van der Waals surface area contributed by atoms with Crippen molar-refractivity contribution in [2.75, 3.05) is 13.6 Å². The second-order valence-corrected chi connectivity index (χ2v) is 8.15. The normalized spacial score (nSPS) is 12.6. The first-order valence-electron chi connectivity index (χ1n) is 11.1. The molecule has 4 rings (SSSR count). The fraction of sp³-hybridized carbons (Fsp3) is 0.222. The van der Waals surface area contributed by atoms with Crippen LogP contribution >= 0.6 is 0 Å². The molecule has 2 N–H and O–H groups in total. The third-order valence-corrected chi connectivity index (χ3v) is 5.76. The van der Waals surface area contributed by atoms with Crippen LogP contribution in [0.1, 0.15) is 39.1 Å². The number of rotatable bonds is 8. The van der Waals surface area contributed by atoms with Gasteiger partial charge in [0.2, 0.25) is 5.91 Å². The Labute approximate surface area is 193 Å². The third-order valence-electron chi connectivity index (χ3n) is 5.76. The number of nitrogens with one attached hydrogen (secondary N) is 2. The molecule has 0 saturated heterocycles. The summed E-state index contributed by atoms with van der Waals surface area (Å²) >= 11 is 0. The van der Waals surface area contributed by atoms with Gasteiger partial charge < -0.3 is 15.5 Å². The van der Waals surface area contributed by atoms with Crippen molar-refractivity contribution in [1.82, 2.24) is 15.5 Å². The fourth-order valence-electron chi connectivity index (χ4n) is 3.71. The summed E-state index contributed by atoms with van der Waals surface area (Å²) in [6, 6.07) is 24.8. The Morgan fingerprint density at radius 3 is 1.97 bits per heavy atom. The largest absolute Gasteiger partial charge is 0.355 e. The van der Waals surface area contributed by atoms with E-state index < -0.39 is 0 Å². The summed E-state index contributed by atoms with van der Waals surface area (Å²) in [7, 11) is 1.59. The average Bonchev–Trinajstić information content (AvgIpc) is 3.71. The lowest BCUT2D eigenvalue weighted by atomic mass is 10.0. The second-order valence-electron chi connectivity index (χ2n) is 8.15. The predicted molar refractivity (Wildman–Crippen MR) is 128 cm³/mol. The van der Waals surface area contributed by atoms with Crippen LogP contribution in [0.5, 0.6) is 0 Å². The van der Waals surface area contributed by atoms with E-state index in [-0.39, 0.29) is 30.3 Å². The molecular weight excluding hydrogens is 414 g/mol. The molecule has 3 aromatic carbocycles. The van der Waals surface area contributed by atoms with Crippen molar-refractivity contribution >= 4 is 17.7 Å². The number of hydrogen-bond donors (Lipinski definition) is 2. The van der Waals surface area contributed by atoms with E-state index in [0.717, 1.165) is 29.5 Å². The van der Waals surface area contributed by atoms with E-state index in [0.29, 0.717) is 17.7 Å². The van der Waals surface area contributed by atoms with Crippen molar-refractivity contribution in [2.45, 2.75) is 25.4 Å². The summed E-state index contributed by atoms with van der Waals surface area (Å²) in [5.74, 6) is -0.521. The molecule has 0 atom stereocenters. The zero-order valence-corrected chi connectivity index (χ0v) is 18.6. The number of nitrogens with zero attached hydrogens (tertiary/aromatic N) is 1. The smallest absolute Gasteiger partial charge is 0.251 e. The molecule has 1 saturated carbocycles. The second kappa shape index (κ2) is 10.1. The molecule has 168 valence electrons. The minimum atomic E-state index is -0.270. The molecule has 0 radical (unpaired) electrons. The van der Waals surface area contributed by atoms with Gasteiger partial charge in [-0.05, 0) is 53.8 Å². The van der Waals surface area contributed by atoms with Crippen LogP contribution in [0.3, 0.4) is 0 Å². The molecule has 1 aliphatic rings. The highest BCUT2D eigenvalue weighted by molar-refractivity contribution is 5.97. The minimum Gasteiger partial charge on any atom is -0.355 e. The molecule has 33 heavy (non-hydrogen) atoms. The maximum Gasteiger partial charge on any atom is 0.251 e. The number of benzene rings is 3. The highest BCUT2D eigenvalue weighted by Gasteiger charge is 2.32. The summed E-state index contributed by atoms with van der Waals surface area (Å²) in [5.41, 5.74) is 4.17. The van der Waals surface area contributed by atoms with Gasteiger partial charge in [0.05, 0.1) is 6.54 Å². The maximum atomic E-state index is 12.9. The van der Waals surface area contributed by atoms with Crippen LogP contribution in [-0.2, 0) is 11.3 Å². The third kappa shape index (κ3) is 5.66. The molecule has 0 heterocycles. The van der Waals surface area contributed by atoms with Gasteiger partial charge in [-0.15, -0.1) is 0 Å². The summed E-state index contributed by atoms with van der Waals surface area (Å²) in [5, 5.41) is 5.35. The first-order valence-corrected chi connectivity index (χ1v) is 11.1. The SMILES string of the molecule is CNC(=O)c1ccc(CN(C(=O)CNC(=O)c2ccc(-c3ccccc3)cc2)C2CC2)cc1. The van der Waals surface area contributed by atoms with Crippen LogP contribution in [0.15, 0.2) is 78.9 Å². The number of hydrogen-bond acceptors (Lipinski definition) is 3. The Morgan fingerprint density at radius 2 is 1.36 bits per heavy atom. The quantitative estimate of drug-likeness (QED) is 0.560. The zero-order chi connectivity index (χ0) is 23.2. The molecule has 1 fully saturated rings. The Hall–Kier alpha value is -3.93. The topological polar surface area (TPSA) is 78.5 Å². The van der Waals surface area contributed by atoms with Gasteiger partial charge in [-0.2, -0.15) is 0 Å². The molecular formula is C27H27N3O3. The van der Waals surface area contributed by atoms with Gasteiger partial charge >= 0.3 is 0 Å². The van der Waals surface area contributed by atoms with E-state index in [2.05, 4.69) is 10.6 Å². The van der Waals surface area contributed by atoms with E-state index >= 15 is 0 Å². The van der Waals surface area contributed by atoms with Gasteiger partial charge in [-0.25, -0.2) is 0 Å². The minimum absolute atomic E-state index is 0.0495. The molecule has 6 heteroatoms. The molecule has 1 aliphatic carbocycles. The van der Waals surface area contributed by atoms with Crippen molar-refractivity contribution in [3.63, 3.8) is 0 Å². The number of carbonyl (C=O) groups is 3. The Kier molecular flexibility index (Phi) is 6.83. The lowest BCUT2D eigenvalue weighted by Gasteiger charge is -2.23. The molecule has 3 amide bonds. The molecule has 6 nitrogen and oxygen atoms in total. The van der Waals surface area contributed by atoms with E-state index in [4.69, 9.17) is 0 Å². The van der Waals surface area contributed by atoms with Crippen molar-refractivity contribution < 1.29 is 14.4 Å². The van der Waals surface area contributed by atoms with Crippen molar-refractivity contribution in [3.8, 4) is 11.1 Å². The van der Waals surface area contributed by atoms with E-state index in [9.17, 15) is 14.4 Å². The lowest BCUT2D eigenvalue weighted by Crippen LogP contribution is -2.41. The van der Waals surface area contributed by atoms with E-state index in [1.54, 1.807) is 31.3 Å². The average molecular weight is 442 g/mol. The molecule has 0 aliphatic heterocycles. The van der Waals surface area contributed by atoms with Crippen LogP contribution in [-0.4, -0.2) is 42.3 Å². The van der Waals surface area contributed by atoms with Crippen LogP contribution in [0.4, 0.5) is 0 Å². The van der Waals surface area contributed by atoms with E-state index in [1.165, 1.54) is 0 Å². The lowest BCUT2D eigenvalue weighted by molar-refractivity contribution is -0.131. The molecule has 0 spiro atoms. The highest BCUT2D eigenvalue weighted by atomic mass is 16.2. The summed E-state index contributed by atoms with van der Waals surface area (Å²) in [6.07, 6.45) is 1.94. The summed E-state index contributed by atoms with van der Waals surface area (Å²) < 4.78 is 0. The molecule has 0 bridgehead atoms. The van der Waals surface area contributed by atoms with Gasteiger partial charge in [0.25, 0.3) is 11.8 Å². The number of carbonyl (C=O) groups excluding carboxylic acids is 3. The Bertz CT molecular complexity index is 1120. The van der Waals surface area contributed by atoms with Crippen LogP contribution < -0.4 is 10.6 Å². The molecule has 3 aromatic rings. The van der Waals surface area contributed by atoms with Gasteiger partial charge in [0, 0.05) is 30.8 Å². The predicted octanol–water partition coefficient (Wildman–Crippen LogP) is 3.63. The van der Waals surface area contributed by atoms with Gasteiger partial charge in [0.1, 0.15) is 0 Å². The summed E-state index contributed by atoms with van der Waals surface area (Å²) in [4.78, 5) is 39.0. The maximum absolute atomic E-state index is 12.9. The zero-order valence-electron chi connectivity index (χ0n) is 18.6. The van der Waals surface area contributed by atoms with Crippen molar-refractivity contribution in [3.05, 3.63) is 95.6 Å². The molecule has 0 unspecified atom stereocenters. The Morgan fingerprint density at radius 1 is 0.788 bits per heavy atom. The Balaban J connectivity index is 1.34. The first-order chi connectivity index (χ1) is 16.0. The van der Waals surface area contributed by atoms with Crippen LogP contribution in [0.2, 0.25) is 0 Å².